The number of halogens is 1. The quantitative estimate of drug-likeness (QED) is 0.0941. The van der Waals surface area contributed by atoms with Crippen LogP contribution in [-0.2, 0) is 9.31 Å². The largest absolute Gasteiger partial charge is 0.494 e. The Morgan fingerprint density at radius 1 is 0.211 bits per heavy atom. The van der Waals surface area contributed by atoms with Gasteiger partial charge in [-0.3, -0.25) is 0 Å². The topological polar surface area (TPSA) is 174 Å². The van der Waals surface area contributed by atoms with Crippen molar-refractivity contribution in [1.29, 1.82) is 0 Å². The molecule has 0 saturated carbocycles. The van der Waals surface area contributed by atoms with Gasteiger partial charge in [0, 0.05) is 48.6 Å². The molecule has 0 spiro atoms. The Balaban J connectivity index is 0.000000131. The fourth-order valence-electron chi connectivity index (χ4n) is 16.2. The lowest BCUT2D eigenvalue weighted by Gasteiger charge is -2.32. The third-order valence-electron chi connectivity index (χ3n) is 23.7. The van der Waals surface area contributed by atoms with E-state index in [0.29, 0.717) is 46.4 Å². The van der Waals surface area contributed by atoms with Crippen molar-refractivity contribution in [2.45, 2.75) is 38.9 Å². The molecule has 0 radical (unpaired) electrons. The molecule has 0 aliphatic carbocycles. The molecule has 610 valence electrons. The van der Waals surface area contributed by atoms with Gasteiger partial charge in [-0.1, -0.05) is 331 Å². The van der Waals surface area contributed by atoms with E-state index in [1.165, 1.54) is 11.1 Å². The molecule has 1 fully saturated rings. The van der Waals surface area contributed by atoms with Gasteiger partial charge in [0.05, 0.1) is 33.3 Å². The number of hydrogen-bond acceptors (Lipinski definition) is 14. The number of furan rings is 2. The SMILES string of the molecule is Brc1ccc2oc3nc4ccccc4nc3c2c1.CC1(C)OB(c2cccc(-c3cccc(-c4cccc(-c5nc(-c6ccccc6)nc(-c6ccc(-c7ccccc7)cc6)n5)c4)c3)c2)OC1(C)C.c1ccc(-c2ccc(-c3nc(-c4ccccc4)nc(-c4cccc(-c5cccc(-c6cccc(-c7ccc8oc9nc%10ccccc%10nc9c8c7)c6)c5)c4)n3)cc2)cc1. The molecule has 23 rings (SSSR count). The average molecular weight is 1720 g/mol. The number of benzene rings is 16. The summed E-state index contributed by atoms with van der Waals surface area (Å²) in [6, 6.07) is 137. The molecule has 22 aromatic rings. The Bertz CT molecular complexity index is 7900. The Morgan fingerprint density at radius 3 is 0.836 bits per heavy atom. The van der Waals surface area contributed by atoms with Gasteiger partial charge in [0.1, 0.15) is 22.2 Å². The van der Waals surface area contributed by atoms with Crippen molar-refractivity contribution in [2.75, 3.05) is 0 Å². The van der Waals surface area contributed by atoms with Crippen molar-refractivity contribution in [3.63, 3.8) is 0 Å². The Morgan fingerprint density at radius 2 is 0.461 bits per heavy atom. The van der Waals surface area contributed by atoms with E-state index in [4.69, 9.17) is 58.0 Å². The maximum Gasteiger partial charge on any atom is 0.494 e. The third kappa shape index (κ3) is 16.4. The van der Waals surface area contributed by atoms with Crippen molar-refractivity contribution in [3.8, 4) is 146 Å². The second kappa shape index (κ2) is 34.1. The van der Waals surface area contributed by atoms with Crippen LogP contribution in [0.5, 0.6) is 0 Å². The van der Waals surface area contributed by atoms with E-state index in [1.54, 1.807) is 0 Å². The zero-order valence-corrected chi connectivity index (χ0v) is 71.8. The smallest absolute Gasteiger partial charge is 0.436 e. The molecule has 0 bridgehead atoms. The van der Waals surface area contributed by atoms with E-state index < -0.39 is 18.3 Å². The summed E-state index contributed by atoms with van der Waals surface area (Å²) in [7, 11) is -0.414. The van der Waals surface area contributed by atoms with E-state index in [9.17, 15) is 0 Å². The van der Waals surface area contributed by atoms with Gasteiger partial charge in [-0.25, -0.2) is 49.8 Å². The summed E-state index contributed by atoms with van der Waals surface area (Å²) in [4.78, 5) is 48.7. The van der Waals surface area contributed by atoms with Crippen LogP contribution >= 0.6 is 15.9 Å². The monoisotopic (exact) mass is 1720 g/mol. The van der Waals surface area contributed by atoms with Crippen molar-refractivity contribution in [1.82, 2.24) is 49.8 Å². The first-order chi connectivity index (χ1) is 62.7. The minimum atomic E-state index is -0.414. The molecule has 16 aromatic carbocycles. The predicted molar refractivity (Wildman–Crippen MR) is 521 cm³/mol. The molecule has 16 heteroatoms. The fourth-order valence-corrected chi connectivity index (χ4v) is 16.5. The second-order valence-electron chi connectivity index (χ2n) is 32.6. The molecule has 0 N–H and O–H groups in total. The number of fused-ring (bicyclic) bond motifs is 8. The normalized spacial score (nSPS) is 12.8. The van der Waals surface area contributed by atoms with Crippen LogP contribution in [0.3, 0.4) is 0 Å². The van der Waals surface area contributed by atoms with Gasteiger partial charge in [-0.15, -0.1) is 0 Å². The van der Waals surface area contributed by atoms with Crippen molar-refractivity contribution < 1.29 is 18.1 Å². The summed E-state index contributed by atoms with van der Waals surface area (Å²) in [5.74, 6) is 3.77. The van der Waals surface area contributed by atoms with Crippen LogP contribution in [0.2, 0.25) is 0 Å². The minimum Gasteiger partial charge on any atom is -0.436 e. The lowest BCUT2D eigenvalue weighted by molar-refractivity contribution is 0.00578. The minimum absolute atomic E-state index is 0.396. The summed E-state index contributed by atoms with van der Waals surface area (Å²) < 4.78 is 25.5. The van der Waals surface area contributed by atoms with Gasteiger partial charge in [-0.2, -0.15) is 0 Å². The molecule has 0 amide bonds. The number of hydrogen-bond donors (Lipinski definition) is 0. The van der Waals surface area contributed by atoms with E-state index >= 15 is 0 Å². The van der Waals surface area contributed by atoms with Crippen LogP contribution in [0.25, 0.3) is 213 Å². The summed E-state index contributed by atoms with van der Waals surface area (Å²) >= 11 is 3.46. The highest BCUT2D eigenvalue weighted by Gasteiger charge is 2.52. The lowest BCUT2D eigenvalue weighted by atomic mass is 9.78. The average Bonchev–Trinajstić information content (AvgIpc) is 1.62. The molecule has 1 aliphatic rings. The first-order valence-electron chi connectivity index (χ1n) is 42.5. The molecule has 128 heavy (non-hydrogen) atoms. The number of nitrogens with zero attached hydrogens (tertiary/aromatic N) is 10. The summed E-state index contributed by atoms with van der Waals surface area (Å²) in [5.41, 5.74) is 29.1. The van der Waals surface area contributed by atoms with Crippen molar-refractivity contribution >= 4 is 95.0 Å². The first kappa shape index (κ1) is 79.5. The maximum absolute atomic E-state index is 6.35. The Kier molecular flexibility index (Phi) is 21.2. The molecule has 7 heterocycles. The van der Waals surface area contributed by atoms with Crippen LogP contribution in [0, 0.1) is 0 Å². The van der Waals surface area contributed by atoms with Gasteiger partial charge in [-0.05, 0) is 196 Å². The fraction of sp³-hybridized carbons (Fsp3) is 0.0536. The molecule has 0 atom stereocenters. The standard InChI is InChI=1S/C53H33N5O.C45H38BN3O2.C14H7BrN2O/c1-3-12-34(13-4-1)35-24-26-37(27-25-35)51-56-50(36-14-5-2-6-15-36)57-52(58-51)44-21-11-20-42(32-44)40-18-9-16-38(30-40)39-17-10-19-41(31-39)43-28-29-48-45(33-43)49-53(59-48)55-47-23-8-7-22-46(47)54-49;1-44(2)45(3,4)51-46(50-44)40-23-13-21-38(30-40)36-19-11-18-35(28-36)37-20-12-22-39(29-37)43-48-41(33-16-9-6-10-17-33)47-42(49-43)34-26-24-32(25-27-34)31-14-7-5-8-15-31;15-8-5-6-12-9(7-8)13-14(18-12)17-11-4-2-1-3-10(11)16-13/h1-33H;5-30H,1-4H3;1-7H. The molecule has 14 nitrogen and oxygen atoms in total. The maximum atomic E-state index is 6.35. The summed E-state index contributed by atoms with van der Waals surface area (Å²) in [6.07, 6.45) is 0. The molecule has 0 unspecified atom stereocenters. The van der Waals surface area contributed by atoms with Crippen LogP contribution < -0.4 is 5.46 Å². The molecular formula is C112H78BBrN10O4. The van der Waals surface area contributed by atoms with E-state index in [1.807, 2.05) is 146 Å². The number of aromatic nitrogens is 10. The molecule has 1 aliphatic heterocycles. The zero-order valence-electron chi connectivity index (χ0n) is 70.2. The van der Waals surface area contributed by atoms with Crippen LogP contribution in [0.1, 0.15) is 27.7 Å². The number of para-hydroxylation sites is 4. The van der Waals surface area contributed by atoms with Gasteiger partial charge < -0.3 is 18.1 Å². The van der Waals surface area contributed by atoms with E-state index in [0.717, 1.165) is 165 Å². The lowest BCUT2D eigenvalue weighted by Crippen LogP contribution is -2.41. The van der Waals surface area contributed by atoms with E-state index in [2.05, 4.69) is 308 Å². The first-order valence-corrected chi connectivity index (χ1v) is 43.3. The van der Waals surface area contributed by atoms with Crippen molar-refractivity contribution in [2.24, 2.45) is 0 Å². The van der Waals surface area contributed by atoms with Crippen LogP contribution in [0.4, 0.5) is 0 Å². The predicted octanol–water partition coefficient (Wildman–Crippen LogP) is 27.8. The van der Waals surface area contributed by atoms with Gasteiger partial charge >= 0.3 is 7.12 Å². The van der Waals surface area contributed by atoms with Crippen LogP contribution in [-0.4, -0.2) is 68.2 Å². The highest BCUT2D eigenvalue weighted by Crippen LogP contribution is 2.41. The number of rotatable bonds is 14. The molecule has 6 aromatic heterocycles. The van der Waals surface area contributed by atoms with Crippen LogP contribution in [0.15, 0.2) is 414 Å². The van der Waals surface area contributed by atoms with Crippen molar-refractivity contribution in [3.05, 3.63) is 405 Å². The second-order valence-corrected chi connectivity index (χ2v) is 33.6. The van der Waals surface area contributed by atoms with Gasteiger partial charge in [0.2, 0.25) is 11.4 Å². The van der Waals surface area contributed by atoms with Gasteiger partial charge in [0.15, 0.2) is 34.9 Å². The molecular weight excluding hydrogens is 1640 g/mol. The summed E-state index contributed by atoms with van der Waals surface area (Å²) in [5, 5.41) is 1.93. The van der Waals surface area contributed by atoms with E-state index in [-0.39, 0.29) is 0 Å². The zero-order chi connectivity index (χ0) is 86.2. The Hall–Kier alpha value is -15.7. The highest BCUT2D eigenvalue weighted by atomic mass is 79.9. The summed E-state index contributed by atoms with van der Waals surface area (Å²) in [6.45, 7) is 8.33. The highest BCUT2D eigenvalue weighted by molar-refractivity contribution is 9.10. The Labute approximate surface area is 747 Å². The van der Waals surface area contributed by atoms with Gasteiger partial charge in [0.25, 0.3) is 0 Å². The molecule has 1 saturated heterocycles. The third-order valence-corrected chi connectivity index (χ3v) is 24.2.